The van der Waals surface area contributed by atoms with E-state index in [2.05, 4.69) is 0 Å². The second kappa shape index (κ2) is 264. The minimum atomic E-state index is 1.06. The van der Waals surface area contributed by atoms with Crippen molar-refractivity contribution in [3.63, 3.8) is 0 Å². The van der Waals surface area contributed by atoms with Gasteiger partial charge in [-0.25, -0.2) is 0 Å². The fourth-order valence-electron chi connectivity index (χ4n) is 0. The fourth-order valence-corrected chi connectivity index (χ4v) is 0. The van der Waals surface area contributed by atoms with Crippen LogP contribution in [0.15, 0.2) is 0 Å². The van der Waals surface area contributed by atoms with Crippen molar-refractivity contribution in [1.82, 2.24) is 0 Å². The van der Waals surface area contributed by atoms with Gasteiger partial charge in [0.2, 0.25) is 0 Å². The first kappa shape index (κ1) is 15.9. The molecule has 6 heavy (non-hydrogen) atoms. The predicted octanol–water partition coefficient (Wildman–Crippen LogP) is -0.225. The fraction of sp³-hybridized carbons (Fsp3) is 0. The minimum absolute atomic E-state index is 1.06. The van der Waals surface area contributed by atoms with Gasteiger partial charge in [0.15, 0.2) is 0 Å². The Bertz CT molecular complexity index is 7.51. The molecule has 0 heterocycles. The topological polar surface area (TPSA) is 74.6 Å². The molecule has 6 heteroatoms. The van der Waals surface area contributed by atoms with Gasteiger partial charge in [-0.1, -0.05) is 0 Å². The first-order valence-electron chi connectivity index (χ1n) is 0.565. The van der Waals surface area contributed by atoms with Crippen LogP contribution in [-0.4, -0.2) is 10.5 Å². The molecule has 0 radical (unpaired) electrons. The van der Waals surface area contributed by atoms with Crippen molar-refractivity contribution >= 4 is 0 Å². The molecule has 36 valence electrons. The molecular formula is H2O4V2. The van der Waals surface area contributed by atoms with Gasteiger partial charge in [0.1, 0.15) is 0 Å². The van der Waals surface area contributed by atoms with E-state index in [1.165, 1.54) is 0 Å². The molecule has 0 unspecified atom stereocenters. The third kappa shape index (κ3) is 134. The Balaban J connectivity index is -0.0000000225. The Morgan fingerprint density at radius 1 is 0.833 bits per heavy atom. The van der Waals surface area contributed by atoms with Gasteiger partial charge in [-0.2, -0.15) is 0 Å². The summed E-state index contributed by atoms with van der Waals surface area (Å²) in [5, 5.41) is 12.0. The summed E-state index contributed by atoms with van der Waals surface area (Å²) in [6.45, 7) is 0. The van der Waals surface area contributed by atoms with Gasteiger partial charge in [-0.3, -0.25) is 10.5 Å². The van der Waals surface area contributed by atoms with Gasteiger partial charge in [0, 0.05) is 0 Å². The molecule has 0 aromatic rings. The number of rotatable bonds is 0. The van der Waals surface area contributed by atoms with Crippen LogP contribution in [0.25, 0.3) is 0 Å². The average Bonchev–Trinajstić information content (AvgIpc) is 1.81. The Morgan fingerprint density at radius 2 is 0.833 bits per heavy atom. The van der Waals surface area contributed by atoms with Crippen molar-refractivity contribution < 1.29 is 52.6 Å². The summed E-state index contributed by atoms with van der Waals surface area (Å²) in [5.74, 6) is 0. The second-order valence-corrected chi connectivity index (χ2v) is 0. The molecule has 0 rings (SSSR count). The van der Waals surface area contributed by atoms with E-state index in [4.69, 9.17) is 17.9 Å². The van der Waals surface area contributed by atoms with Crippen LogP contribution in [0.4, 0.5) is 0 Å². The van der Waals surface area contributed by atoms with Crippen LogP contribution < -0.4 is 0 Å². The molecule has 0 aliphatic heterocycles. The van der Waals surface area contributed by atoms with E-state index in [1.54, 1.807) is 0 Å². The van der Waals surface area contributed by atoms with Crippen molar-refractivity contribution in [3.05, 3.63) is 0 Å². The SMILES string of the molecule is OO.[O]=[V].[O]=[V]. The number of hydrogen-bond acceptors (Lipinski definition) is 4. The molecule has 0 bridgehead atoms. The van der Waals surface area contributed by atoms with Crippen molar-refractivity contribution in [2.75, 3.05) is 0 Å². The van der Waals surface area contributed by atoms with Gasteiger partial charge in [-0.15, -0.1) is 0 Å². The summed E-state index contributed by atoms with van der Waals surface area (Å²) in [6.07, 6.45) is 0. The van der Waals surface area contributed by atoms with E-state index >= 15 is 0 Å². The zero-order valence-corrected chi connectivity index (χ0v) is 5.40. The Labute approximate surface area is 52.9 Å². The zero-order chi connectivity index (χ0) is 6.00. The summed E-state index contributed by atoms with van der Waals surface area (Å²) in [6, 6.07) is 0. The van der Waals surface area contributed by atoms with Gasteiger partial charge in [0.25, 0.3) is 0 Å². The van der Waals surface area contributed by atoms with Crippen LogP contribution >= 0.6 is 0 Å². The first-order chi connectivity index (χ1) is 3.00. The summed E-state index contributed by atoms with van der Waals surface area (Å²) in [7, 11) is 0. The van der Waals surface area contributed by atoms with E-state index in [-0.39, 0.29) is 0 Å². The van der Waals surface area contributed by atoms with Crippen LogP contribution in [-0.2, 0) is 42.1 Å². The van der Waals surface area contributed by atoms with Crippen molar-refractivity contribution in [3.8, 4) is 0 Å². The van der Waals surface area contributed by atoms with E-state index < -0.39 is 0 Å². The molecular weight excluding hydrogens is 166 g/mol. The Kier molecular flexibility index (Phi) is 699. The molecule has 2 N–H and O–H groups in total. The van der Waals surface area contributed by atoms with Crippen LogP contribution in [0.3, 0.4) is 0 Å². The van der Waals surface area contributed by atoms with Crippen molar-refractivity contribution in [2.24, 2.45) is 0 Å². The maximum absolute atomic E-state index is 8.19. The van der Waals surface area contributed by atoms with Crippen LogP contribution in [0.2, 0.25) is 0 Å². The standard InChI is InChI=1S/H2O2.2O.2V/c1-2;;;;/h1-2H;;;;. The third-order valence-corrected chi connectivity index (χ3v) is 0. The Hall–Kier alpha value is 0.689. The molecule has 0 aliphatic carbocycles. The molecule has 4 nitrogen and oxygen atoms in total. The molecule has 0 atom stereocenters. The quantitative estimate of drug-likeness (QED) is 0.387. The molecule has 0 aromatic carbocycles. The Morgan fingerprint density at radius 3 is 0.833 bits per heavy atom. The van der Waals surface area contributed by atoms with Gasteiger partial charge >= 0.3 is 42.1 Å². The summed E-state index contributed by atoms with van der Waals surface area (Å²) in [4.78, 5) is 0. The summed E-state index contributed by atoms with van der Waals surface area (Å²) >= 11 is 2.12. The monoisotopic (exact) mass is 168 g/mol. The molecule has 0 saturated carbocycles. The van der Waals surface area contributed by atoms with E-state index in [1.807, 2.05) is 0 Å². The normalized spacial score (nSPS) is 2.00. The van der Waals surface area contributed by atoms with Gasteiger partial charge < -0.3 is 0 Å². The molecule has 0 spiro atoms. The van der Waals surface area contributed by atoms with E-state index in [0.29, 0.717) is 0 Å². The third-order valence-electron chi connectivity index (χ3n) is 0. The molecule has 0 fully saturated rings. The predicted molar refractivity (Wildman–Crippen MR) is 6.63 cm³/mol. The van der Waals surface area contributed by atoms with Gasteiger partial charge in [-0.05, 0) is 0 Å². The van der Waals surface area contributed by atoms with E-state index in [0.717, 1.165) is 34.7 Å². The van der Waals surface area contributed by atoms with Gasteiger partial charge in [0.05, 0.1) is 0 Å². The molecule has 0 saturated heterocycles. The first-order valence-corrected chi connectivity index (χ1v) is 1.71. The van der Waals surface area contributed by atoms with Crippen LogP contribution in [0, 0.1) is 0 Å². The second-order valence-electron chi connectivity index (χ2n) is 0. The van der Waals surface area contributed by atoms with Crippen LogP contribution in [0.1, 0.15) is 0 Å². The zero-order valence-electron chi connectivity index (χ0n) is 2.61. The van der Waals surface area contributed by atoms with Crippen molar-refractivity contribution in [1.29, 1.82) is 0 Å². The van der Waals surface area contributed by atoms with Crippen LogP contribution in [0.5, 0.6) is 0 Å². The summed E-state index contributed by atoms with van der Waals surface area (Å²) in [5.41, 5.74) is 0. The summed E-state index contributed by atoms with van der Waals surface area (Å²) < 4.78 is 16.4. The number of hydrogen-bond donors (Lipinski definition) is 2. The van der Waals surface area contributed by atoms with E-state index in [9.17, 15) is 0 Å². The molecule has 0 aliphatic rings. The maximum atomic E-state index is 8.19. The van der Waals surface area contributed by atoms with Crippen molar-refractivity contribution in [2.45, 2.75) is 0 Å². The average molecular weight is 168 g/mol. The molecule has 0 amide bonds. The molecule has 0 aromatic heterocycles.